The van der Waals surface area contributed by atoms with Crippen molar-refractivity contribution in [1.29, 1.82) is 0 Å². The lowest BCUT2D eigenvalue weighted by Gasteiger charge is -2.35. The van der Waals surface area contributed by atoms with Crippen molar-refractivity contribution < 1.29 is 26.7 Å². The molecule has 1 amide bonds. The number of likely N-dealkylation sites (N-methyl/N-ethyl adjacent to an activating group) is 1. The summed E-state index contributed by atoms with van der Waals surface area (Å²) < 4.78 is 60.8. The van der Waals surface area contributed by atoms with Crippen molar-refractivity contribution >= 4 is 15.9 Å². The molecule has 4 rings (SSSR count). The Hall–Kier alpha value is -2.56. The highest BCUT2D eigenvalue weighted by Crippen LogP contribution is 2.42. The number of amides is 1. The molecule has 1 aliphatic heterocycles. The summed E-state index contributed by atoms with van der Waals surface area (Å²) in [5.41, 5.74) is 0.923. The van der Waals surface area contributed by atoms with Gasteiger partial charge in [0, 0.05) is 44.2 Å². The molecule has 0 radical (unpaired) electrons. The van der Waals surface area contributed by atoms with Crippen LogP contribution in [-0.2, 0) is 14.8 Å². The Morgan fingerprint density at radius 3 is 2.21 bits per heavy atom. The normalized spacial score (nSPS) is 23.8. The van der Waals surface area contributed by atoms with Gasteiger partial charge in [0.25, 0.3) is 0 Å². The molecule has 2 fully saturated rings. The number of nitrogens with zero attached hydrogens (tertiary/aromatic N) is 2. The van der Waals surface area contributed by atoms with Crippen molar-refractivity contribution in [3.05, 3.63) is 59.7 Å². The number of rotatable bonds is 6. The van der Waals surface area contributed by atoms with Crippen molar-refractivity contribution in [3.8, 4) is 5.75 Å². The molecule has 1 saturated heterocycles. The molecule has 0 unspecified atom stereocenters. The molecule has 7 nitrogen and oxygen atoms in total. The average molecular weight is 494 g/mol. The molecule has 0 bridgehead atoms. The van der Waals surface area contributed by atoms with Gasteiger partial charge in [-0.15, -0.1) is 0 Å². The molecule has 1 N–H and O–H groups in total. The van der Waals surface area contributed by atoms with Gasteiger partial charge in [0.2, 0.25) is 15.9 Å². The molecule has 3 atom stereocenters. The van der Waals surface area contributed by atoms with Crippen LogP contribution in [0, 0.1) is 17.6 Å². The van der Waals surface area contributed by atoms with E-state index in [4.69, 9.17) is 4.74 Å². The topological polar surface area (TPSA) is 78.9 Å². The summed E-state index contributed by atoms with van der Waals surface area (Å²) in [4.78, 5) is 17.0. The van der Waals surface area contributed by atoms with E-state index in [1.807, 2.05) is 36.2 Å². The van der Waals surface area contributed by atoms with Crippen molar-refractivity contribution in [2.75, 3.05) is 40.3 Å². The number of hydrogen-bond acceptors (Lipinski definition) is 5. The number of carbonyl (C=O) groups excluding carboxylic acids is 1. The maximum absolute atomic E-state index is 13.6. The Bertz CT molecular complexity index is 1120. The summed E-state index contributed by atoms with van der Waals surface area (Å²) in [6, 6.07) is 9.07. The molecule has 1 heterocycles. The van der Waals surface area contributed by atoms with Gasteiger partial charge in [-0.3, -0.25) is 4.79 Å². The third kappa shape index (κ3) is 5.39. The first kappa shape index (κ1) is 24.6. The maximum Gasteiger partial charge on any atom is 0.241 e. The number of ether oxygens (including phenoxy) is 1. The van der Waals surface area contributed by atoms with Gasteiger partial charge >= 0.3 is 0 Å². The monoisotopic (exact) mass is 493 g/mol. The summed E-state index contributed by atoms with van der Waals surface area (Å²) in [7, 11) is -0.583. The minimum Gasteiger partial charge on any atom is -0.497 e. The predicted octanol–water partition coefficient (Wildman–Crippen LogP) is 2.59. The van der Waals surface area contributed by atoms with Gasteiger partial charge in [-0.25, -0.2) is 21.9 Å². The predicted molar refractivity (Wildman–Crippen MR) is 123 cm³/mol. The molecule has 10 heteroatoms. The van der Waals surface area contributed by atoms with E-state index in [1.54, 1.807) is 7.11 Å². The number of piperazine rings is 1. The van der Waals surface area contributed by atoms with Crippen LogP contribution in [0.25, 0.3) is 0 Å². The Morgan fingerprint density at radius 1 is 1.00 bits per heavy atom. The minimum atomic E-state index is -4.17. The van der Waals surface area contributed by atoms with E-state index in [2.05, 4.69) is 9.62 Å². The zero-order chi connectivity index (χ0) is 24.5. The molecule has 1 aliphatic carbocycles. The van der Waals surface area contributed by atoms with Crippen LogP contribution in [0.5, 0.6) is 5.75 Å². The first-order chi connectivity index (χ1) is 16.2. The molecule has 1 saturated carbocycles. The summed E-state index contributed by atoms with van der Waals surface area (Å²) in [6.07, 6.45) is 0.701. The van der Waals surface area contributed by atoms with Crippen LogP contribution in [0.15, 0.2) is 47.4 Å². The van der Waals surface area contributed by atoms with Crippen LogP contribution in [0.2, 0.25) is 0 Å². The van der Waals surface area contributed by atoms with Crippen LogP contribution in [0.1, 0.15) is 24.3 Å². The summed E-state index contributed by atoms with van der Waals surface area (Å²) in [5, 5.41) is 0. The Morgan fingerprint density at radius 2 is 1.62 bits per heavy atom. The number of carbonyl (C=O) groups is 1. The van der Waals surface area contributed by atoms with Gasteiger partial charge < -0.3 is 14.5 Å². The second-order valence-corrected chi connectivity index (χ2v) is 10.7. The SMILES string of the molecule is COc1ccc([C@H]2C[C@H](NS(=O)(=O)c3cc(F)cc(F)c3)C[C@@H]2C(=O)N2CCN(C)CC2)cc1. The number of benzene rings is 2. The molecule has 0 spiro atoms. The van der Waals surface area contributed by atoms with Gasteiger partial charge in [-0.1, -0.05) is 12.1 Å². The average Bonchev–Trinajstić information content (AvgIpc) is 3.21. The summed E-state index contributed by atoms with van der Waals surface area (Å²) >= 11 is 0. The van der Waals surface area contributed by atoms with E-state index in [0.29, 0.717) is 37.7 Å². The van der Waals surface area contributed by atoms with Crippen LogP contribution in [-0.4, -0.2) is 70.5 Å². The van der Waals surface area contributed by atoms with Crippen molar-refractivity contribution in [2.24, 2.45) is 5.92 Å². The van der Waals surface area contributed by atoms with Crippen molar-refractivity contribution in [2.45, 2.75) is 29.7 Å². The zero-order valence-electron chi connectivity index (χ0n) is 19.2. The van der Waals surface area contributed by atoms with E-state index in [0.717, 1.165) is 30.8 Å². The van der Waals surface area contributed by atoms with Gasteiger partial charge in [-0.05, 0) is 55.6 Å². The van der Waals surface area contributed by atoms with E-state index >= 15 is 0 Å². The number of hydrogen-bond donors (Lipinski definition) is 1. The fourth-order valence-electron chi connectivity index (χ4n) is 4.86. The van der Waals surface area contributed by atoms with Gasteiger partial charge in [-0.2, -0.15) is 0 Å². The number of sulfonamides is 1. The van der Waals surface area contributed by atoms with Crippen LogP contribution < -0.4 is 9.46 Å². The largest absolute Gasteiger partial charge is 0.497 e. The Balaban J connectivity index is 1.58. The van der Waals surface area contributed by atoms with Crippen LogP contribution in [0.4, 0.5) is 8.78 Å². The summed E-state index contributed by atoms with van der Waals surface area (Å²) in [5.74, 6) is -1.85. The van der Waals surface area contributed by atoms with Crippen LogP contribution >= 0.6 is 0 Å². The lowest BCUT2D eigenvalue weighted by atomic mass is 9.87. The van der Waals surface area contributed by atoms with E-state index in [9.17, 15) is 22.0 Å². The second kappa shape index (κ2) is 9.97. The lowest BCUT2D eigenvalue weighted by molar-refractivity contribution is -0.137. The first-order valence-electron chi connectivity index (χ1n) is 11.3. The van der Waals surface area contributed by atoms with Crippen LogP contribution in [0.3, 0.4) is 0 Å². The Kier molecular flexibility index (Phi) is 7.20. The van der Waals surface area contributed by atoms with E-state index in [1.165, 1.54) is 0 Å². The highest BCUT2D eigenvalue weighted by molar-refractivity contribution is 7.89. The van der Waals surface area contributed by atoms with Crippen molar-refractivity contribution in [1.82, 2.24) is 14.5 Å². The summed E-state index contributed by atoms with van der Waals surface area (Å²) in [6.45, 7) is 2.82. The highest BCUT2D eigenvalue weighted by Gasteiger charge is 2.43. The second-order valence-electron chi connectivity index (χ2n) is 9.01. The number of halogens is 2. The molecule has 2 aliphatic rings. The molecule has 2 aromatic rings. The first-order valence-corrected chi connectivity index (χ1v) is 12.7. The molecular formula is C24H29F2N3O4S. The number of methoxy groups -OCH3 is 1. The fourth-order valence-corrected chi connectivity index (χ4v) is 6.16. The number of nitrogens with one attached hydrogen (secondary N) is 1. The van der Waals surface area contributed by atoms with Crippen molar-refractivity contribution in [3.63, 3.8) is 0 Å². The standard InChI is InChI=1S/C24H29F2N3O4S/c1-28-7-9-29(10-8-28)24(30)23-15-19(14-22(23)16-3-5-20(33-2)6-4-16)27-34(31,32)21-12-17(25)11-18(26)13-21/h3-6,11-13,19,22-23,27H,7-10,14-15H2,1-2H3/t19-,22+,23-/m0/s1. The van der Waals surface area contributed by atoms with Gasteiger partial charge in [0.1, 0.15) is 17.4 Å². The Labute approximate surface area is 198 Å². The fraction of sp³-hybridized carbons (Fsp3) is 0.458. The quantitative estimate of drug-likeness (QED) is 0.669. The highest BCUT2D eigenvalue weighted by atomic mass is 32.2. The van der Waals surface area contributed by atoms with E-state index < -0.39 is 38.5 Å². The third-order valence-electron chi connectivity index (χ3n) is 6.71. The smallest absolute Gasteiger partial charge is 0.241 e. The molecule has 2 aromatic carbocycles. The zero-order valence-corrected chi connectivity index (χ0v) is 20.0. The maximum atomic E-state index is 13.6. The van der Waals surface area contributed by atoms with E-state index in [-0.39, 0.29) is 11.8 Å². The molecular weight excluding hydrogens is 464 g/mol. The third-order valence-corrected chi connectivity index (χ3v) is 8.21. The molecule has 184 valence electrons. The molecule has 0 aromatic heterocycles. The van der Waals surface area contributed by atoms with Gasteiger partial charge in [0.15, 0.2) is 0 Å². The minimum absolute atomic E-state index is 0.00687. The molecule has 34 heavy (non-hydrogen) atoms. The lowest BCUT2D eigenvalue weighted by Crippen LogP contribution is -2.49. The van der Waals surface area contributed by atoms with Gasteiger partial charge in [0.05, 0.1) is 12.0 Å².